The van der Waals surface area contributed by atoms with Gasteiger partial charge in [0.25, 0.3) is 0 Å². The molecule has 1 aliphatic rings. The molecular weight excluding hydrogens is 305 g/mol. The maximum atomic E-state index is 12.8. The Balaban J connectivity index is 1.88. The van der Waals surface area contributed by atoms with Gasteiger partial charge in [-0.05, 0) is 12.1 Å². The Morgan fingerprint density at radius 3 is 2.43 bits per heavy atom. The van der Waals surface area contributed by atoms with E-state index in [-0.39, 0.29) is 5.41 Å². The van der Waals surface area contributed by atoms with Gasteiger partial charge in [-0.25, -0.2) is 15.0 Å². The number of aromatic nitrogens is 3. The minimum Gasteiger partial charge on any atom is -0.346 e. The van der Waals surface area contributed by atoms with Crippen LogP contribution < -0.4 is 4.90 Å². The first kappa shape index (κ1) is 15.7. The normalized spacial score (nSPS) is 15.0. The number of pyridine rings is 1. The highest BCUT2D eigenvalue weighted by atomic mass is 19.4. The fourth-order valence-corrected chi connectivity index (χ4v) is 2.43. The molecular formula is C16H17F3N4. The van der Waals surface area contributed by atoms with E-state index in [4.69, 9.17) is 0 Å². The third kappa shape index (κ3) is 3.13. The molecule has 1 aliphatic heterocycles. The van der Waals surface area contributed by atoms with Crippen molar-refractivity contribution in [3.8, 4) is 0 Å². The number of fused-ring (bicyclic) bond motifs is 1. The van der Waals surface area contributed by atoms with Crippen LogP contribution in [0.3, 0.4) is 0 Å². The minimum atomic E-state index is -4.44. The number of nitrogens with zero attached hydrogens (tertiary/aromatic N) is 4. The zero-order valence-electron chi connectivity index (χ0n) is 13.1. The van der Waals surface area contributed by atoms with Gasteiger partial charge >= 0.3 is 6.18 Å². The predicted octanol–water partition coefficient (Wildman–Crippen LogP) is 3.71. The molecule has 0 unspecified atom stereocenters. The smallest absolute Gasteiger partial charge is 0.346 e. The lowest BCUT2D eigenvalue weighted by atomic mass is 9.95. The number of hydrogen-bond donors (Lipinski definition) is 0. The highest BCUT2D eigenvalue weighted by Crippen LogP contribution is 2.31. The Morgan fingerprint density at radius 2 is 1.78 bits per heavy atom. The highest BCUT2D eigenvalue weighted by Gasteiger charge is 2.33. The molecule has 0 spiro atoms. The van der Waals surface area contributed by atoms with Crippen LogP contribution in [0.2, 0.25) is 0 Å². The molecule has 23 heavy (non-hydrogen) atoms. The second-order valence-electron chi connectivity index (χ2n) is 6.65. The molecule has 3 heterocycles. The summed E-state index contributed by atoms with van der Waals surface area (Å²) in [6, 6.07) is 3.93. The van der Waals surface area contributed by atoms with Crippen LogP contribution in [0.1, 0.15) is 43.5 Å². The van der Waals surface area contributed by atoms with Gasteiger partial charge in [0.15, 0.2) is 0 Å². The van der Waals surface area contributed by atoms with Gasteiger partial charge in [0.1, 0.15) is 17.3 Å². The van der Waals surface area contributed by atoms with Crippen molar-refractivity contribution in [3.63, 3.8) is 0 Å². The molecule has 0 amide bonds. The first-order valence-electron chi connectivity index (χ1n) is 7.29. The molecule has 0 saturated heterocycles. The molecule has 0 fully saturated rings. The van der Waals surface area contributed by atoms with Crippen molar-refractivity contribution in [1.82, 2.24) is 15.0 Å². The summed E-state index contributed by atoms with van der Waals surface area (Å²) in [6.07, 6.45) is -2.68. The van der Waals surface area contributed by atoms with Gasteiger partial charge in [-0.3, -0.25) is 0 Å². The van der Waals surface area contributed by atoms with Crippen molar-refractivity contribution in [2.75, 3.05) is 4.90 Å². The van der Waals surface area contributed by atoms with Crippen LogP contribution in [0.4, 0.5) is 19.0 Å². The topological polar surface area (TPSA) is 41.9 Å². The fourth-order valence-electron chi connectivity index (χ4n) is 2.43. The molecule has 0 bridgehead atoms. The van der Waals surface area contributed by atoms with Crippen LogP contribution >= 0.6 is 0 Å². The highest BCUT2D eigenvalue weighted by molar-refractivity contribution is 5.45. The van der Waals surface area contributed by atoms with Gasteiger partial charge in [-0.15, -0.1) is 0 Å². The van der Waals surface area contributed by atoms with Crippen LogP contribution in [-0.2, 0) is 24.7 Å². The Hall–Kier alpha value is -2.18. The molecule has 0 saturated carbocycles. The first-order valence-corrected chi connectivity index (χ1v) is 7.29. The molecule has 7 heteroatoms. The molecule has 0 radical (unpaired) electrons. The summed E-state index contributed by atoms with van der Waals surface area (Å²) in [4.78, 5) is 14.4. The number of anilines is 1. The lowest BCUT2D eigenvalue weighted by molar-refractivity contribution is -0.141. The van der Waals surface area contributed by atoms with E-state index in [1.165, 1.54) is 6.07 Å². The van der Waals surface area contributed by atoms with E-state index < -0.39 is 11.9 Å². The summed E-state index contributed by atoms with van der Waals surface area (Å²) in [5, 5.41) is 0. The van der Waals surface area contributed by atoms with Crippen LogP contribution in [-0.4, -0.2) is 15.0 Å². The molecule has 122 valence electrons. The van der Waals surface area contributed by atoms with Crippen LogP contribution in [0, 0.1) is 0 Å². The summed E-state index contributed by atoms with van der Waals surface area (Å²) in [7, 11) is 0. The van der Waals surface area contributed by atoms with Crippen molar-refractivity contribution in [2.45, 2.75) is 45.5 Å². The molecule has 0 atom stereocenters. The quantitative estimate of drug-likeness (QED) is 0.803. The van der Waals surface area contributed by atoms with Gasteiger partial charge in [-0.1, -0.05) is 26.8 Å². The van der Waals surface area contributed by atoms with E-state index in [1.807, 2.05) is 20.8 Å². The zero-order chi connectivity index (χ0) is 16.8. The molecule has 2 aromatic heterocycles. The molecule has 0 aromatic carbocycles. The van der Waals surface area contributed by atoms with Gasteiger partial charge in [0.05, 0.1) is 12.2 Å². The average Bonchev–Trinajstić information content (AvgIpc) is 2.88. The van der Waals surface area contributed by atoms with Gasteiger partial charge in [0.2, 0.25) is 0 Å². The van der Waals surface area contributed by atoms with Crippen molar-refractivity contribution in [1.29, 1.82) is 0 Å². The third-order valence-electron chi connectivity index (χ3n) is 3.68. The molecule has 3 rings (SSSR count). The van der Waals surface area contributed by atoms with E-state index in [1.54, 1.807) is 17.2 Å². The molecule has 0 aliphatic carbocycles. The predicted molar refractivity (Wildman–Crippen MR) is 79.9 cm³/mol. The first-order chi connectivity index (χ1) is 10.6. The molecule has 4 nitrogen and oxygen atoms in total. The lowest BCUT2D eigenvalue weighted by Crippen LogP contribution is -2.19. The number of alkyl halides is 3. The Bertz CT molecular complexity index is 735. The Morgan fingerprint density at radius 1 is 1.04 bits per heavy atom. The van der Waals surface area contributed by atoms with E-state index >= 15 is 0 Å². The summed E-state index contributed by atoms with van der Waals surface area (Å²) in [5.74, 6) is 1.03. The van der Waals surface area contributed by atoms with Crippen LogP contribution in [0.15, 0.2) is 24.4 Å². The zero-order valence-corrected chi connectivity index (χ0v) is 13.1. The van der Waals surface area contributed by atoms with E-state index in [0.29, 0.717) is 18.9 Å². The summed E-state index contributed by atoms with van der Waals surface area (Å²) >= 11 is 0. The number of rotatable bonds is 1. The monoisotopic (exact) mass is 322 g/mol. The second-order valence-corrected chi connectivity index (χ2v) is 6.65. The van der Waals surface area contributed by atoms with Crippen LogP contribution in [0.5, 0.6) is 0 Å². The summed E-state index contributed by atoms with van der Waals surface area (Å²) < 4.78 is 38.4. The summed E-state index contributed by atoms with van der Waals surface area (Å²) in [6.45, 7) is 6.98. The van der Waals surface area contributed by atoms with E-state index in [0.717, 1.165) is 23.1 Å². The van der Waals surface area contributed by atoms with E-state index in [9.17, 15) is 13.2 Å². The fraction of sp³-hybridized carbons (Fsp3) is 0.438. The van der Waals surface area contributed by atoms with Crippen molar-refractivity contribution in [3.05, 3.63) is 47.2 Å². The standard InChI is InChI=1S/C16H17F3N4/c1-15(2,3)14-20-7-10-8-23(9-11(10)21-14)13-6-4-5-12(22-13)16(17,18)19/h4-7H,8-9H2,1-3H3. The molecule has 0 N–H and O–H groups in total. The average molecular weight is 322 g/mol. The number of hydrogen-bond acceptors (Lipinski definition) is 4. The van der Waals surface area contributed by atoms with Crippen molar-refractivity contribution in [2.24, 2.45) is 0 Å². The second kappa shape index (κ2) is 5.18. The SMILES string of the molecule is CC(C)(C)c1ncc2c(n1)CN(c1cccc(C(F)(F)F)n1)C2. The van der Waals surface area contributed by atoms with Gasteiger partial charge < -0.3 is 4.90 Å². The lowest BCUT2D eigenvalue weighted by Gasteiger charge is -2.17. The maximum Gasteiger partial charge on any atom is 0.433 e. The maximum absolute atomic E-state index is 12.8. The minimum absolute atomic E-state index is 0.170. The molecule has 2 aromatic rings. The third-order valence-corrected chi connectivity index (χ3v) is 3.68. The number of halogens is 3. The van der Waals surface area contributed by atoms with Gasteiger partial charge in [0, 0.05) is 23.7 Å². The largest absolute Gasteiger partial charge is 0.433 e. The Labute approximate surface area is 132 Å². The van der Waals surface area contributed by atoms with Crippen molar-refractivity contribution >= 4 is 5.82 Å². The van der Waals surface area contributed by atoms with Crippen LogP contribution in [0.25, 0.3) is 0 Å². The summed E-state index contributed by atoms with van der Waals surface area (Å²) in [5.41, 5.74) is 0.727. The van der Waals surface area contributed by atoms with E-state index in [2.05, 4.69) is 15.0 Å². The Kier molecular flexibility index (Phi) is 3.54. The van der Waals surface area contributed by atoms with Gasteiger partial charge in [-0.2, -0.15) is 13.2 Å². The van der Waals surface area contributed by atoms with Crippen molar-refractivity contribution < 1.29 is 13.2 Å².